The molecule has 3 aromatic carbocycles. The topological polar surface area (TPSA) is 93.5 Å². The molecular weight excluding hydrogens is 402 g/mol. The number of carbonyl (C=O) groups is 2. The number of amides is 2. The molecule has 0 aliphatic heterocycles. The number of benzene rings is 3. The van der Waals surface area contributed by atoms with Crippen LogP contribution in [0, 0.1) is 0 Å². The molecule has 3 aromatic rings. The Kier molecular flexibility index (Phi) is 6.82. The molecule has 0 heterocycles. The third kappa shape index (κ3) is 5.95. The fourth-order valence-corrected chi connectivity index (χ4v) is 3.61. The summed E-state index contributed by atoms with van der Waals surface area (Å²) < 4.78 is 5.31. The van der Waals surface area contributed by atoms with E-state index in [4.69, 9.17) is 10.5 Å². The van der Waals surface area contributed by atoms with Gasteiger partial charge in [0.25, 0.3) is 0 Å². The van der Waals surface area contributed by atoms with E-state index in [0.717, 1.165) is 17.5 Å². The lowest BCUT2D eigenvalue weighted by atomic mass is 10.1. The lowest BCUT2D eigenvalue weighted by molar-refractivity contribution is -0.118. The van der Waals surface area contributed by atoms with E-state index in [1.54, 1.807) is 0 Å². The number of hydrogen-bond acceptors (Lipinski definition) is 4. The number of alkyl carbamates (subject to hydrolysis) is 1. The molecule has 1 fully saturated rings. The van der Waals surface area contributed by atoms with Gasteiger partial charge < -0.3 is 21.1 Å². The molecule has 0 radical (unpaired) electrons. The second-order valence-corrected chi connectivity index (χ2v) is 8.07. The van der Waals surface area contributed by atoms with Gasteiger partial charge in [-0.2, -0.15) is 0 Å². The van der Waals surface area contributed by atoms with Crippen LogP contribution in [0.3, 0.4) is 0 Å². The number of rotatable bonds is 8. The maximum absolute atomic E-state index is 13.0. The average Bonchev–Trinajstić information content (AvgIpc) is 3.55. The Labute approximate surface area is 187 Å². The molecule has 1 aliphatic rings. The highest BCUT2D eigenvalue weighted by Crippen LogP contribution is 2.39. The zero-order valence-corrected chi connectivity index (χ0v) is 17.7. The predicted octanol–water partition coefficient (Wildman–Crippen LogP) is 3.98. The van der Waals surface area contributed by atoms with Crippen LogP contribution in [0.4, 0.5) is 10.5 Å². The molecular formula is C26H27N3O3. The monoisotopic (exact) mass is 429 g/mol. The highest BCUT2D eigenvalue weighted by Gasteiger charge is 2.34. The Morgan fingerprint density at radius 1 is 0.906 bits per heavy atom. The first kappa shape index (κ1) is 21.6. The predicted molar refractivity (Wildman–Crippen MR) is 124 cm³/mol. The second-order valence-electron chi connectivity index (χ2n) is 8.07. The van der Waals surface area contributed by atoms with E-state index in [9.17, 15) is 9.59 Å². The molecule has 2 amide bonds. The van der Waals surface area contributed by atoms with Crippen LogP contribution in [0.5, 0.6) is 0 Å². The van der Waals surface area contributed by atoms with Crippen LogP contribution in [0.25, 0.3) is 0 Å². The highest BCUT2D eigenvalue weighted by molar-refractivity contribution is 5.96. The first-order chi connectivity index (χ1) is 15.6. The Hall–Kier alpha value is -3.64. The van der Waals surface area contributed by atoms with Crippen molar-refractivity contribution in [3.05, 3.63) is 102 Å². The number of carbonyl (C=O) groups excluding carboxylic acids is 2. The number of ether oxygens (including phenoxy) is 1. The second kappa shape index (κ2) is 10.1. The minimum absolute atomic E-state index is 0.136. The van der Waals surface area contributed by atoms with Crippen LogP contribution >= 0.6 is 0 Å². The molecule has 0 spiro atoms. The van der Waals surface area contributed by atoms with E-state index in [0.29, 0.717) is 18.0 Å². The normalized spacial score (nSPS) is 17.8. The van der Waals surface area contributed by atoms with Gasteiger partial charge in [-0.1, -0.05) is 72.8 Å². The van der Waals surface area contributed by atoms with E-state index in [-0.39, 0.29) is 18.6 Å². The standard InChI is InChI=1S/C26H27N3O3/c27-23-16-22(23)20-11-13-21(14-12-20)28-25(30)24(15-18-7-3-1-4-8-18)29-26(31)32-17-19-9-5-2-6-10-19/h1-14,22-24H,15-17,27H2,(H,28,30)(H,29,31)/t22-,23+,24?/m0/s1. The summed E-state index contributed by atoms with van der Waals surface area (Å²) in [7, 11) is 0. The largest absolute Gasteiger partial charge is 0.445 e. The number of anilines is 1. The van der Waals surface area contributed by atoms with E-state index in [1.807, 2.05) is 84.9 Å². The molecule has 0 saturated heterocycles. The van der Waals surface area contributed by atoms with Crippen molar-refractivity contribution in [1.82, 2.24) is 5.32 Å². The molecule has 32 heavy (non-hydrogen) atoms. The van der Waals surface area contributed by atoms with Crippen molar-refractivity contribution in [2.24, 2.45) is 5.73 Å². The third-order valence-corrected chi connectivity index (χ3v) is 5.55. The molecule has 0 aromatic heterocycles. The van der Waals surface area contributed by atoms with Crippen LogP contribution < -0.4 is 16.4 Å². The summed E-state index contributed by atoms with van der Waals surface area (Å²) in [4.78, 5) is 25.4. The molecule has 1 aliphatic carbocycles. The number of nitrogens with one attached hydrogen (secondary N) is 2. The first-order valence-electron chi connectivity index (χ1n) is 10.8. The van der Waals surface area contributed by atoms with Crippen molar-refractivity contribution in [3.63, 3.8) is 0 Å². The molecule has 6 heteroatoms. The molecule has 0 bridgehead atoms. The number of hydrogen-bond donors (Lipinski definition) is 3. The van der Waals surface area contributed by atoms with Gasteiger partial charge in [0, 0.05) is 24.1 Å². The van der Waals surface area contributed by atoms with E-state index in [1.165, 1.54) is 5.56 Å². The quantitative estimate of drug-likeness (QED) is 0.505. The number of nitrogens with two attached hydrogens (primary N) is 1. The van der Waals surface area contributed by atoms with Crippen molar-refractivity contribution >= 4 is 17.7 Å². The van der Waals surface area contributed by atoms with Crippen LogP contribution in [0.2, 0.25) is 0 Å². The summed E-state index contributed by atoms with van der Waals surface area (Å²) in [6.45, 7) is 0.136. The van der Waals surface area contributed by atoms with Crippen LogP contribution in [-0.2, 0) is 22.6 Å². The van der Waals surface area contributed by atoms with Crippen molar-refractivity contribution in [2.75, 3.05) is 5.32 Å². The summed E-state index contributed by atoms with van der Waals surface area (Å²) in [6, 6.07) is 26.1. The van der Waals surface area contributed by atoms with Gasteiger partial charge in [0.05, 0.1) is 0 Å². The van der Waals surface area contributed by atoms with Crippen molar-refractivity contribution in [3.8, 4) is 0 Å². The molecule has 6 nitrogen and oxygen atoms in total. The molecule has 3 atom stereocenters. The van der Waals surface area contributed by atoms with E-state index >= 15 is 0 Å². The van der Waals surface area contributed by atoms with Gasteiger partial charge in [0.1, 0.15) is 12.6 Å². The smallest absolute Gasteiger partial charge is 0.408 e. The van der Waals surface area contributed by atoms with Crippen molar-refractivity contribution in [2.45, 2.75) is 37.5 Å². The zero-order valence-electron chi connectivity index (χ0n) is 17.7. The molecule has 164 valence electrons. The highest BCUT2D eigenvalue weighted by atomic mass is 16.5. The van der Waals surface area contributed by atoms with Crippen molar-refractivity contribution < 1.29 is 14.3 Å². The Morgan fingerprint density at radius 2 is 1.50 bits per heavy atom. The molecule has 1 unspecified atom stereocenters. The lowest BCUT2D eigenvalue weighted by Gasteiger charge is -2.19. The lowest BCUT2D eigenvalue weighted by Crippen LogP contribution is -2.45. The summed E-state index contributed by atoms with van der Waals surface area (Å²) in [5.41, 5.74) is 9.58. The summed E-state index contributed by atoms with van der Waals surface area (Å²) in [5.74, 6) is 0.105. The van der Waals surface area contributed by atoms with Crippen LogP contribution in [-0.4, -0.2) is 24.1 Å². The van der Waals surface area contributed by atoms with Gasteiger partial charge in [-0.3, -0.25) is 4.79 Å². The van der Waals surface area contributed by atoms with Gasteiger partial charge in [-0.25, -0.2) is 4.79 Å². The summed E-state index contributed by atoms with van der Waals surface area (Å²) in [6.07, 6.45) is 0.713. The van der Waals surface area contributed by atoms with Gasteiger partial charge in [-0.15, -0.1) is 0 Å². The average molecular weight is 430 g/mol. The Balaban J connectivity index is 1.39. The van der Waals surface area contributed by atoms with Gasteiger partial charge in [-0.05, 0) is 35.2 Å². The molecule has 4 N–H and O–H groups in total. The summed E-state index contributed by atoms with van der Waals surface area (Å²) in [5, 5.41) is 5.61. The van der Waals surface area contributed by atoms with E-state index in [2.05, 4.69) is 10.6 Å². The molecule has 1 saturated carbocycles. The van der Waals surface area contributed by atoms with Crippen LogP contribution in [0.1, 0.15) is 29.0 Å². The first-order valence-corrected chi connectivity index (χ1v) is 10.8. The van der Waals surface area contributed by atoms with E-state index < -0.39 is 12.1 Å². The van der Waals surface area contributed by atoms with Gasteiger partial charge in [0.15, 0.2) is 0 Å². The molecule has 4 rings (SSSR count). The van der Waals surface area contributed by atoms with Gasteiger partial charge in [0.2, 0.25) is 5.91 Å². The van der Waals surface area contributed by atoms with Gasteiger partial charge >= 0.3 is 6.09 Å². The third-order valence-electron chi connectivity index (χ3n) is 5.55. The maximum atomic E-state index is 13.0. The minimum atomic E-state index is -0.780. The Morgan fingerprint density at radius 3 is 2.09 bits per heavy atom. The fourth-order valence-electron chi connectivity index (χ4n) is 3.61. The van der Waals surface area contributed by atoms with Crippen molar-refractivity contribution in [1.29, 1.82) is 0 Å². The minimum Gasteiger partial charge on any atom is -0.445 e. The fraction of sp³-hybridized carbons (Fsp3) is 0.231. The summed E-state index contributed by atoms with van der Waals surface area (Å²) >= 11 is 0. The van der Waals surface area contributed by atoms with Crippen LogP contribution in [0.15, 0.2) is 84.9 Å². The Bertz CT molecular complexity index is 1040. The SMILES string of the molecule is N[C@@H]1C[C@H]1c1ccc(NC(=O)C(Cc2ccccc2)NC(=O)OCc2ccccc2)cc1. The zero-order chi connectivity index (χ0) is 22.3. The maximum Gasteiger partial charge on any atom is 0.408 e.